The highest BCUT2D eigenvalue weighted by Gasteiger charge is 2.17. The second kappa shape index (κ2) is 5.17. The monoisotopic (exact) mass is 291 g/mol. The summed E-state index contributed by atoms with van der Waals surface area (Å²) in [4.78, 5) is 12.7. The first-order valence-corrected chi connectivity index (χ1v) is 7.80. The lowest BCUT2D eigenvalue weighted by molar-refractivity contribution is 0.0827. The topological polar surface area (TPSA) is 91.8 Å². The second-order valence-corrected chi connectivity index (χ2v) is 6.90. The Balaban J connectivity index is 3.50. The number of sulfone groups is 1. The van der Waals surface area contributed by atoms with Gasteiger partial charge in [0.05, 0.1) is 9.79 Å². The van der Waals surface area contributed by atoms with Gasteiger partial charge in [0.25, 0.3) is 5.91 Å². The minimum atomic E-state index is -3.56. The molecule has 0 radical (unpaired) electrons. The van der Waals surface area contributed by atoms with Gasteiger partial charge in [-0.2, -0.15) is 0 Å². The van der Waals surface area contributed by atoms with Crippen LogP contribution in [0.3, 0.4) is 0 Å². The zero-order valence-electron chi connectivity index (χ0n) is 10.1. The van der Waals surface area contributed by atoms with Crippen molar-refractivity contribution in [1.29, 1.82) is 0 Å². The molecule has 0 aromatic heterocycles. The average Bonchev–Trinajstić information content (AvgIpc) is 2.26. The number of carbonyl (C=O) groups excluding carboxylic acids is 1. The van der Waals surface area contributed by atoms with Crippen molar-refractivity contribution < 1.29 is 22.0 Å². The fraction of sp³-hybridized carbons (Fsp3) is 0.300. The van der Waals surface area contributed by atoms with Gasteiger partial charge < -0.3 is 9.45 Å². The van der Waals surface area contributed by atoms with Crippen LogP contribution in [-0.4, -0.2) is 48.3 Å². The summed E-state index contributed by atoms with van der Waals surface area (Å²) < 4.78 is 42.9. The minimum absolute atomic E-state index is 0.0559. The summed E-state index contributed by atoms with van der Waals surface area (Å²) in [6.07, 6.45) is 0.969. The van der Waals surface area contributed by atoms with Crippen molar-refractivity contribution in [3.05, 3.63) is 23.8 Å². The highest BCUT2D eigenvalue weighted by atomic mass is 32.2. The van der Waals surface area contributed by atoms with Crippen molar-refractivity contribution >= 4 is 26.8 Å². The molecular formula is C10H13NO5S2. The maximum absolute atomic E-state index is 11.7. The van der Waals surface area contributed by atoms with Crippen LogP contribution in [0.2, 0.25) is 0 Å². The van der Waals surface area contributed by atoms with Gasteiger partial charge in [0.2, 0.25) is 0 Å². The molecule has 8 heteroatoms. The van der Waals surface area contributed by atoms with Crippen LogP contribution in [0.15, 0.2) is 28.0 Å². The van der Waals surface area contributed by atoms with E-state index in [4.69, 9.17) is 4.55 Å². The molecule has 0 saturated carbocycles. The number of amides is 1. The molecule has 0 aliphatic rings. The molecule has 0 spiro atoms. The van der Waals surface area contributed by atoms with Crippen molar-refractivity contribution in [2.24, 2.45) is 0 Å². The largest absolute Gasteiger partial charge is 0.345 e. The highest BCUT2D eigenvalue weighted by molar-refractivity contribution is 7.90. The van der Waals surface area contributed by atoms with Gasteiger partial charge in [0.1, 0.15) is 0 Å². The Morgan fingerprint density at radius 2 is 1.83 bits per heavy atom. The summed E-state index contributed by atoms with van der Waals surface area (Å²) in [6, 6.07) is 3.47. The first-order valence-electron chi connectivity index (χ1n) is 4.80. The Morgan fingerprint density at radius 3 is 2.22 bits per heavy atom. The summed E-state index contributed by atoms with van der Waals surface area (Å²) in [5, 5.41) is 0. The quantitative estimate of drug-likeness (QED) is 0.812. The zero-order chi connectivity index (χ0) is 14.1. The molecule has 1 N–H and O–H groups in total. The van der Waals surface area contributed by atoms with Crippen LogP contribution in [0, 0.1) is 0 Å². The third-order valence-corrected chi connectivity index (χ3v) is 3.89. The van der Waals surface area contributed by atoms with Crippen LogP contribution in [0.4, 0.5) is 0 Å². The van der Waals surface area contributed by atoms with Crippen LogP contribution in [0.5, 0.6) is 0 Å². The van der Waals surface area contributed by atoms with E-state index in [0.29, 0.717) is 0 Å². The molecule has 1 amide bonds. The zero-order valence-corrected chi connectivity index (χ0v) is 11.7. The van der Waals surface area contributed by atoms with Gasteiger partial charge >= 0.3 is 0 Å². The van der Waals surface area contributed by atoms with E-state index in [9.17, 15) is 17.4 Å². The maximum atomic E-state index is 11.7. The predicted octanol–water partition coefficient (Wildman–Crippen LogP) is 0.372. The van der Waals surface area contributed by atoms with Gasteiger partial charge in [0.15, 0.2) is 20.9 Å². The lowest BCUT2D eigenvalue weighted by Gasteiger charge is -2.12. The van der Waals surface area contributed by atoms with Gasteiger partial charge in [-0.1, -0.05) is 0 Å². The number of carbonyl (C=O) groups is 1. The Bertz CT molecular complexity index is 607. The Kier molecular flexibility index (Phi) is 4.25. The molecule has 1 rings (SSSR count). The van der Waals surface area contributed by atoms with Crippen LogP contribution >= 0.6 is 0 Å². The molecule has 18 heavy (non-hydrogen) atoms. The summed E-state index contributed by atoms with van der Waals surface area (Å²) in [5.41, 5.74) is 0.0559. The molecule has 1 aromatic carbocycles. The van der Waals surface area contributed by atoms with Crippen molar-refractivity contribution in [1.82, 2.24) is 4.90 Å². The summed E-state index contributed by atoms with van der Waals surface area (Å²) >= 11 is -2.35. The molecule has 100 valence electrons. The van der Waals surface area contributed by atoms with Gasteiger partial charge in [-0.3, -0.25) is 4.79 Å². The third-order valence-electron chi connectivity index (χ3n) is 2.16. The number of hydrogen-bond acceptors (Lipinski definition) is 4. The first kappa shape index (κ1) is 14.8. The average molecular weight is 291 g/mol. The molecule has 1 unspecified atom stereocenters. The van der Waals surface area contributed by atoms with E-state index in [1.807, 2.05) is 0 Å². The molecule has 0 bridgehead atoms. The predicted molar refractivity (Wildman–Crippen MR) is 66.6 cm³/mol. The SMILES string of the molecule is CN(C)C(=O)c1cc(S(=O)O)cc(S(C)(=O)=O)c1. The smallest absolute Gasteiger partial charge is 0.253 e. The van der Waals surface area contributed by atoms with Crippen LogP contribution < -0.4 is 0 Å². The fourth-order valence-electron chi connectivity index (χ4n) is 1.27. The van der Waals surface area contributed by atoms with Crippen molar-refractivity contribution in [2.45, 2.75) is 9.79 Å². The van der Waals surface area contributed by atoms with Crippen molar-refractivity contribution in [2.75, 3.05) is 20.4 Å². The van der Waals surface area contributed by atoms with E-state index in [1.54, 1.807) is 0 Å². The molecule has 0 aliphatic carbocycles. The van der Waals surface area contributed by atoms with Crippen molar-refractivity contribution in [3.8, 4) is 0 Å². The Hall–Kier alpha value is -1.25. The molecule has 1 aromatic rings. The number of nitrogens with zero attached hydrogens (tertiary/aromatic N) is 1. The van der Waals surface area contributed by atoms with Gasteiger partial charge in [0, 0.05) is 25.9 Å². The molecule has 6 nitrogen and oxygen atoms in total. The second-order valence-electron chi connectivity index (χ2n) is 3.91. The fourth-order valence-corrected chi connectivity index (χ4v) is 2.48. The first-order chi connectivity index (χ1) is 8.12. The highest BCUT2D eigenvalue weighted by Crippen LogP contribution is 2.18. The van der Waals surface area contributed by atoms with Crippen molar-refractivity contribution in [3.63, 3.8) is 0 Å². The normalized spacial score (nSPS) is 13.1. The van der Waals surface area contributed by atoms with E-state index in [-0.39, 0.29) is 15.4 Å². The molecule has 0 fully saturated rings. The number of rotatable bonds is 3. The molecule has 0 heterocycles. The summed E-state index contributed by atoms with van der Waals surface area (Å²) in [5.74, 6) is -0.438. The van der Waals surface area contributed by atoms with Gasteiger partial charge in [-0.05, 0) is 18.2 Å². The van der Waals surface area contributed by atoms with E-state index in [2.05, 4.69) is 0 Å². The molecular weight excluding hydrogens is 278 g/mol. The molecule has 0 aliphatic heterocycles. The van der Waals surface area contributed by atoms with Crippen LogP contribution in [-0.2, 0) is 20.9 Å². The van der Waals surface area contributed by atoms with E-state index in [0.717, 1.165) is 12.3 Å². The van der Waals surface area contributed by atoms with Crippen LogP contribution in [0.25, 0.3) is 0 Å². The van der Waals surface area contributed by atoms with Gasteiger partial charge in [-0.15, -0.1) is 0 Å². The maximum Gasteiger partial charge on any atom is 0.253 e. The van der Waals surface area contributed by atoms with E-state index >= 15 is 0 Å². The Labute approximate surface area is 108 Å². The lowest BCUT2D eigenvalue weighted by atomic mass is 10.2. The summed E-state index contributed by atoms with van der Waals surface area (Å²) in [6.45, 7) is 0. The molecule has 0 saturated heterocycles. The lowest BCUT2D eigenvalue weighted by Crippen LogP contribution is -2.22. The third kappa shape index (κ3) is 3.37. The van der Waals surface area contributed by atoms with E-state index < -0.39 is 26.8 Å². The Morgan fingerprint density at radius 1 is 1.28 bits per heavy atom. The van der Waals surface area contributed by atoms with Crippen LogP contribution in [0.1, 0.15) is 10.4 Å². The van der Waals surface area contributed by atoms with E-state index in [1.165, 1.54) is 31.1 Å². The number of benzene rings is 1. The summed E-state index contributed by atoms with van der Waals surface area (Å²) in [7, 11) is -0.547. The van der Waals surface area contributed by atoms with Gasteiger partial charge in [-0.25, -0.2) is 12.6 Å². The number of hydrogen-bond donors (Lipinski definition) is 1. The molecule has 1 atom stereocenters. The standard InChI is InChI=1S/C10H13NO5S2/c1-11(2)10(12)7-4-8(17(13)14)6-9(5-7)18(3,15)16/h4-6H,1-3H3,(H,13,14). The minimum Gasteiger partial charge on any atom is -0.345 e.